The molecule has 0 amide bonds. The van der Waals surface area contributed by atoms with Crippen LogP contribution in [0.15, 0.2) is 24.3 Å². The minimum Gasteiger partial charge on any atom is -0.465 e. The summed E-state index contributed by atoms with van der Waals surface area (Å²) < 4.78 is 7.31. The standard InChI is InChI=1S/C21H25NO3/c1-3-25-21(24)13-22-15(2)19(18-6-4-5-7-20(18)22)12-16-8-10-17(14-23)11-9-16/h8-11,14H,3-7,12-13H2,1-2H3. The molecule has 1 aromatic heterocycles. The average molecular weight is 339 g/mol. The van der Waals surface area contributed by atoms with Crippen LogP contribution in [0.1, 0.15) is 58.2 Å². The molecule has 25 heavy (non-hydrogen) atoms. The Hall–Kier alpha value is -2.36. The van der Waals surface area contributed by atoms with Gasteiger partial charge in [-0.3, -0.25) is 9.59 Å². The highest BCUT2D eigenvalue weighted by atomic mass is 16.5. The monoisotopic (exact) mass is 339 g/mol. The number of fused-ring (bicyclic) bond motifs is 1. The van der Waals surface area contributed by atoms with Gasteiger partial charge in [0.15, 0.2) is 0 Å². The van der Waals surface area contributed by atoms with E-state index in [0.717, 1.165) is 25.5 Å². The molecule has 132 valence electrons. The number of rotatable bonds is 6. The lowest BCUT2D eigenvalue weighted by atomic mass is 9.91. The number of benzene rings is 1. The van der Waals surface area contributed by atoms with Gasteiger partial charge in [0, 0.05) is 17.0 Å². The summed E-state index contributed by atoms with van der Waals surface area (Å²) in [6, 6.07) is 7.75. The Kier molecular flexibility index (Phi) is 5.37. The van der Waals surface area contributed by atoms with Crippen molar-refractivity contribution in [3.05, 3.63) is 57.9 Å². The van der Waals surface area contributed by atoms with Crippen molar-refractivity contribution in [3.63, 3.8) is 0 Å². The molecule has 0 N–H and O–H groups in total. The van der Waals surface area contributed by atoms with Crippen molar-refractivity contribution >= 4 is 12.3 Å². The van der Waals surface area contributed by atoms with E-state index in [2.05, 4.69) is 11.5 Å². The Balaban J connectivity index is 1.93. The zero-order valence-corrected chi connectivity index (χ0v) is 15.0. The lowest BCUT2D eigenvalue weighted by Crippen LogP contribution is -2.17. The molecular formula is C21H25NO3. The number of esters is 1. The van der Waals surface area contributed by atoms with E-state index < -0.39 is 0 Å². The quantitative estimate of drug-likeness (QED) is 0.596. The Bertz CT molecular complexity index is 771. The molecule has 3 rings (SSSR count). The number of carbonyl (C=O) groups is 2. The predicted molar refractivity (Wildman–Crippen MR) is 97.1 cm³/mol. The SMILES string of the molecule is CCOC(=O)Cn1c(C)c(Cc2ccc(C=O)cc2)c2c1CCCC2. The third-order valence-electron chi connectivity index (χ3n) is 5.06. The van der Waals surface area contributed by atoms with E-state index >= 15 is 0 Å². The number of aromatic nitrogens is 1. The van der Waals surface area contributed by atoms with Gasteiger partial charge in [-0.05, 0) is 62.6 Å². The van der Waals surface area contributed by atoms with Crippen molar-refractivity contribution in [2.24, 2.45) is 0 Å². The summed E-state index contributed by atoms with van der Waals surface area (Å²) in [4.78, 5) is 22.8. The van der Waals surface area contributed by atoms with E-state index in [0.29, 0.717) is 18.7 Å². The Labute approximate surface area is 148 Å². The van der Waals surface area contributed by atoms with Crippen molar-refractivity contribution in [1.82, 2.24) is 4.57 Å². The fourth-order valence-corrected chi connectivity index (χ4v) is 3.80. The van der Waals surface area contributed by atoms with Gasteiger partial charge in [-0.15, -0.1) is 0 Å². The van der Waals surface area contributed by atoms with Crippen LogP contribution in [-0.4, -0.2) is 23.4 Å². The molecule has 1 heterocycles. The van der Waals surface area contributed by atoms with Crippen molar-refractivity contribution in [1.29, 1.82) is 0 Å². The molecule has 0 spiro atoms. The van der Waals surface area contributed by atoms with E-state index in [4.69, 9.17) is 4.74 Å². The maximum Gasteiger partial charge on any atom is 0.325 e. The maximum atomic E-state index is 12.0. The third kappa shape index (κ3) is 3.68. The molecule has 2 aromatic rings. The summed E-state index contributed by atoms with van der Waals surface area (Å²) >= 11 is 0. The Morgan fingerprint density at radius 1 is 1.20 bits per heavy atom. The summed E-state index contributed by atoms with van der Waals surface area (Å²) in [5, 5.41) is 0. The van der Waals surface area contributed by atoms with Crippen LogP contribution >= 0.6 is 0 Å². The third-order valence-corrected chi connectivity index (χ3v) is 5.06. The molecule has 0 bridgehead atoms. The van der Waals surface area contributed by atoms with Crippen molar-refractivity contribution in [3.8, 4) is 0 Å². The molecule has 0 saturated carbocycles. The largest absolute Gasteiger partial charge is 0.465 e. The normalized spacial score (nSPS) is 13.4. The first-order valence-electron chi connectivity index (χ1n) is 9.03. The van der Waals surface area contributed by atoms with E-state index in [1.54, 1.807) is 0 Å². The number of aldehydes is 1. The zero-order valence-electron chi connectivity index (χ0n) is 15.0. The highest BCUT2D eigenvalue weighted by molar-refractivity contribution is 5.74. The lowest BCUT2D eigenvalue weighted by Gasteiger charge is -2.16. The van der Waals surface area contributed by atoms with Crippen molar-refractivity contribution < 1.29 is 14.3 Å². The molecular weight excluding hydrogens is 314 g/mol. The predicted octanol–water partition coefficient (Wildman–Crippen LogP) is 3.64. The van der Waals surface area contributed by atoms with Crippen molar-refractivity contribution in [2.75, 3.05) is 6.61 Å². The number of ether oxygens (including phenoxy) is 1. The lowest BCUT2D eigenvalue weighted by molar-refractivity contribution is -0.143. The summed E-state index contributed by atoms with van der Waals surface area (Å²) in [6.45, 7) is 4.65. The van der Waals surface area contributed by atoms with Crippen LogP contribution in [-0.2, 0) is 35.3 Å². The van der Waals surface area contributed by atoms with E-state index in [9.17, 15) is 9.59 Å². The molecule has 0 aliphatic heterocycles. The number of nitrogens with zero attached hydrogens (tertiary/aromatic N) is 1. The number of carbonyl (C=O) groups excluding carboxylic acids is 2. The average Bonchev–Trinajstić information content (AvgIpc) is 2.88. The fraction of sp³-hybridized carbons (Fsp3) is 0.429. The smallest absolute Gasteiger partial charge is 0.325 e. The molecule has 1 aromatic carbocycles. The van der Waals surface area contributed by atoms with Gasteiger partial charge in [0.2, 0.25) is 0 Å². The second-order valence-corrected chi connectivity index (χ2v) is 6.62. The first kappa shape index (κ1) is 17.5. The first-order valence-corrected chi connectivity index (χ1v) is 9.03. The molecule has 4 heteroatoms. The molecule has 0 saturated heterocycles. The summed E-state index contributed by atoms with van der Waals surface area (Å²) in [5.74, 6) is -0.171. The molecule has 4 nitrogen and oxygen atoms in total. The maximum absolute atomic E-state index is 12.0. The van der Waals surface area contributed by atoms with E-state index in [-0.39, 0.29) is 5.97 Å². The van der Waals surface area contributed by atoms with Crippen LogP contribution in [0.5, 0.6) is 0 Å². The van der Waals surface area contributed by atoms with Gasteiger partial charge < -0.3 is 9.30 Å². The van der Waals surface area contributed by atoms with Crippen LogP contribution in [0.3, 0.4) is 0 Å². The highest BCUT2D eigenvalue weighted by Gasteiger charge is 2.23. The molecule has 1 aliphatic rings. The van der Waals surface area contributed by atoms with Crippen molar-refractivity contribution in [2.45, 2.75) is 52.5 Å². The summed E-state index contributed by atoms with van der Waals surface area (Å²) in [6.07, 6.45) is 6.18. The van der Waals surface area contributed by atoms with Gasteiger partial charge in [0.1, 0.15) is 12.8 Å². The second-order valence-electron chi connectivity index (χ2n) is 6.62. The molecule has 0 atom stereocenters. The summed E-state index contributed by atoms with van der Waals surface area (Å²) in [7, 11) is 0. The van der Waals surface area contributed by atoms with Gasteiger partial charge in [0.25, 0.3) is 0 Å². The molecule has 1 aliphatic carbocycles. The van der Waals surface area contributed by atoms with Gasteiger partial charge in [-0.1, -0.05) is 24.3 Å². The van der Waals surface area contributed by atoms with Crippen LogP contribution in [0.4, 0.5) is 0 Å². The first-order chi connectivity index (χ1) is 12.1. The van der Waals surface area contributed by atoms with Gasteiger partial charge in [-0.2, -0.15) is 0 Å². The number of hydrogen-bond donors (Lipinski definition) is 0. The van der Waals surface area contributed by atoms with Gasteiger partial charge in [-0.25, -0.2) is 0 Å². The van der Waals surface area contributed by atoms with Crippen LogP contribution in [0, 0.1) is 6.92 Å². The topological polar surface area (TPSA) is 48.3 Å². The Morgan fingerprint density at radius 2 is 1.92 bits per heavy atom. The summed E-state index contributed by atoms with van der Waals surface area (Å²) in [5.41, 5.74) is 7.10. The van der Waals surface area contributed by atoms with E-state index in [1.807, 2.05) is 31.2 Å². The Morgan fingerprint density at radius 3 is 2.60 bits per heavy atom. The number of hydrogen-bond acceptors (Lipinski definition) is 3. The second kappa shape index (κ2) is 7.68. The van der Waals surface area contributed by atoms with Crippen LogP contribution in [0.25, 0.3) is 0 Å². The zero-order chi connectivity index (χ0) is 17.8. The minimum atomic E-state index is -0.171. The van der Waals surface area contributed by atoms with Crippen LogP contribution in [0.2, 0.25) is 0 Å². The van der Waals surface area contributed by atoms with Gasteiger partial charge in [0.05, 0.1) is 6.61 Å². The highest BCUT2D eigenvalue weighted by Crippen LogP contribution is 2.31. The fourth-order valence-electron chi connectivity index (χ4n) is 3.80. The molecule has 0 fully saturated rings. The van der Waals surface area contributed by atoms with E-state index in [1.165, 1.54) is 40.9 Å². The molecule has 0 radical (unpaired) electrons. The van der Waals surface area contributed by atoms with Gasteiger partial charge >= 0.3 is 5.97 Å². The molecule has 0 unspecified atom stereocenters. The minimum absolute atomic E-state index is 0.171. The van der Waals surface area contributed by atoms with Crippen LogP contribution < -0.4 is 0 Å².